The van der Waals surface area contributed by atoms with Crippen LogP contribution in [0.4, 0.5) is 11.4 Å². The van der Waals surface area contributed by atoms with Gasteiger partial charge >= 0.3 is 0 Å². The molecule has 0 aliphatic heterocycles. The summed E-state index contributed by atoms with van der Waals surface area (Å²) in [6, 6.07) is 26.1. The Morgan fingerprint density at radius 3 is 2.12 bits per heavy atom. The number of carbonyl (C=O) groups excluding carboxylic acids is 2. The molecule has 0 fully saturated rings. The van der Waals surface area contributed by atoms with E-state index in [1.54, 1.807) is 18.2 Å². The van der Waals surface area contributed by atoms with E-state index in [0.717, 1.165) is 17.5 Å². The maximum atomic E-state index is 13.4. The van der Waals surface area contributed by atoms with Gasteiger partial charge in [0.2, 0.25) is 11.7 Å². The maximum absolute atomic E-state index is 13.4. The van der Waals surface area contributed by atoms with E-state index in [0.29, 0.717) is 40.6 Å². The lowest BCUT2D eigenvalue weighted by Crippen LogP contribution is -2.36. The summed E-state index contributed by atoms with van der Waals surface area (Å²) in [6.45, 7) is 1.91. The summed E-state index contributed by atoms with van der Waals surface area (Å²) >= 11 is 0. The molecule has 42 heavy (non-hydrogen) atoms. The molecule has 0 saturated heterocycles. The summed E-state index contributed by atoms with van der Waals surface area (Å²) < 4.78 is 16.0. The first-order valence-electron chi connectivity index (χ1n) is 13.3. The van der Waals surface area contributed by atoms with Gasteiger partial charge in [-0.2, -0.15) is 0 Å². The van der Waals surface area contributed by atoms with Gasteiger partial charge in [-0.3, -0.25) is 14.9 Å². The van der Waals surface area contributed by atoms with Crippen LogP contribution in [-0.4, -0.2) is 39.1 Å². The van der Waals surface area contributed by atoms with Crippen molar-refractivity contribution in [2.75, 3.05) is 26.6 Å². The first-order chi connectivity index (χ1) is 20.3. The van der Waals surface area contributed by atoms with Crippen LogP contribution in [0.1, 0.15) is 37.4 Å². The van der Waals surface area contributed by atoms with Crippen molar-refractivity contribution in [3.63, 3.8) is 0 Å². The lowest BCUT2D eigenvalue weighted by atomic mass is 9.99. The van der Waals surface area contributed by atoms with Crippen LogP contribution in [-0.2, 0) is 12.8 Å². The number of nitrogens with one attached hydrogen (secondary N) is 2. The van der Waals surface area contributed by atoms with Crippen molar-refractivity contribution in [3.05, 3.63) is 113 Å². The number of hydrogen-bond donors (Lipinski definition) is 3. The predicted octanol–water partition coefficient (Wildman–Crippen LogP) is 5.43. The van der Waals surface area contributed by atoms with Crippen LogP contribution in [0.2, 0.25) is 0 Å². The summed E-state index contributed by atoms with van der Waals surface area (Å²) in [6.07, 6.45) is 1.53. The van der Waals surface area contributed by atoms with Gasteiger partial charge in [-0.25, -0.2) is 4.99 Å². The van der Waals surface area contributed by atoms with E-state index < -0.39 is 5.91 Å². The number of methoxy groups -OCH3 is 3. The molecule has 4 aromatic rings. The molecule has 4 N–H and O–H groups in total. The van der Waals surface area contributed by atoms with Crippen molar-refractivity contribution in [1.29, 1.82) is 0 Å². The largest absolute Gasteiger partial charge is 0.493 e. The maximum Gasteiger partial charge on any atom is 0.258 e. The molecule has 0 saturated carbocycles. The van der Waals surface area contributed by atoms with E-state index in [9.17, 15) is 9.59 Å². The van der Waals surface area contributed by atoms with Crippen molar-refractivity contribution in [2.45, 2.75) is 19.8 Å². The Kier molecular flexibility index (Phi) is 9.78. The number of nitrogens with two attached hydrogens (primary N) is 1. The van der Waals surface area contributed by atoms with Gasteiger partial charge in [-0.05, 0) is 66.8 Å². The molecule has 0 unspecified atom stereocenters. The van der Waals surface area contributed by atoms with Gasteiger partial charge in [-0.1, -0.05) is 54.6 Å². The van der Waals surface area contributed by atoms with E-state index in [2.05, 4.69) is 27.8 Å². The van der Waals surface area contributed by atoms with E-state index in [-0.39, 0.29) is 17.4 Å². The fraction of sp³-hybridized carbons (Fsp3) is 0.182. The molecular formula is C33H34N4O5. The third-order valence-corrected chi connectivity index (χ3v) is 6.60. The Balaban J connectivity index is 1.53. The quantitative estimate of drug-likeness (QED) is 0.174. The Bertz CT molecular complexity index is 1580. The number of benzene rings is 4. The number of rotatable bonds is 10. The van der Waals surface area contributed by atoms with Crippen LogP contribution in [0.5, 0.6) is 17.2 Å². The first kappa shape index (κ1) is 29.7. The molecule has 2 amide bonds. The molecule has 0 atom stereocenters. The van der Waals surface area contributed by atoms with Gasteiger partial charge in [0.25, 0.3) is 11.8 Å². The zero-order valence-corrected chi connectivity index (χ0v) is 24.1. The molecule has 9 nitrogen and oxygen atoms in total. The normalized spacial score (nSPS) is 11.0. The van der Waals surface area contributed by atoms with E-state index >= 15 is 0 Å². The van der Waals surface area contributed by atoms with Crippen molar-refractivity contribution in [1.82, 2.24) is 5.32 Å². The van der Waals surface area contributed by atoms with Crippen LogP contribution < -0.4 is 30.6 Å². The second-order valence-corrected chi connectivity index (χ2v) is 9.48. The number of hydrogen-bond acceptors (Lipinski definition) is 6. The highest BCUT2D eigenvalue weighted by atomic mass is 16.5. The number of guanidine groups is 1. The lowest BCUT2D eigenvalue weighted by Gasteiger charge is -2.14. The van der Waals surface area contributed by atoms with Gasteiger partial charge in [0.05, 0.1) is 32.7 Å². The minimum Gasteiger partial charge on any atom is -0.493 e. The van der Waals surface area contributed by atoms with Gasteiger partial charge in [0, 0.05) is 11.1 Å². The minimum atomic E-state index is -0.527. The Hall–Kier alpha value is -5.31. The van der Waals surface area contributed by atoms with Crippen LogP contribution in [0.3, 0.4) is 0 Å². The van der Waals surface area contributed by atoms with Gasteiger partial charge in [0.1, 0.15) is 0 Å². The average molecular weight is 567 g/mol. The second kappa shape index (κ2) is 13.8. The fourth-order valence-electron chi connectivity index (χ4n) is 4.48. The number of aryl methyl sites for hydroxylation is 3. The molecule has 0 aromatic heterocycles. The Labute approximate surface area is 245 Å². The van der Waals surface area contributed by atoms with Crippen LogP contribution >= 0.6 is 0 Å². The minimum absolute atomic E-state index is 0.156. The van der Waals surface area contributed by atoms with Crippen LogP contribution in [0, 0.1) is 6.92 Å². The topological polar surface area (TPSA) is 124 Å². The first-order valence-corrected chi connectivity index (χ1v) is 13.3. The van der Waals surface area contributed by atoms with E-state index in [4.69, 9.17) is 19.9 Å². The van der Waals surface area contributed by atoms with Crippen LogP contribution in [0.15, 0.2) is 89.9 Å². The summed E-state index contributed by atoms with van der Waals surface area (Å²) in [5.74, 6) is 0.0627. The highest BCUT2D eigenvalue weighted by Gasteiger charge is 2.18. The van der Waals surface area contributed by atoms with Crippen LogP contribution in [0.25, 0.3) is 0 Å². The molecule has 0 heterocycles. The standard InChI is InChI=1S/C33H34N4O5/c1-21-14-17-26(36-33(34)37-31(38)24-19-28(40-2)30(42-4)29(20-24)41-3)27(18-21)35-32(39)25-13-9-8-12-23(25)16-15-22-10-6-5-7-11-22/h5-14,17-20H,15-16H2,1-4H3,(H,35,39)(H3,34,36,37,38). The van der Waals surface area contributed by atoms with E-state index in [1.165, 1.54) is 39.0 Å². The summed E-state index contributed by atoms with van der Waals surface area (Å²) in [5.41, 5.74) is 10.8. The number of aliphatic imine (C=N–C) groups is 1. The molecule has 4 aromatic carbocycles. The molecule has 9 heteroatoms. The summed E-state index contributed by atoms with van der Waals surface area (Å²) in [5, 5.41) is 5.56. The third-order valence-electron chi connectivity index (χ3n) is 6.60. The zero-order chi connectivity index (χ0) is 30.1. The number of carbonyl (C=O) groups is 2. The number of ether oxygens (including phenoxy) is 3. The molecule has 0 aliphatic carbocycles. The highest BCUT2D eigenvalue weighted by Crippen LogP contribution is 2.38. The van der Waals surface area contributed by atoms with Crippen molar-refractivity contribution in [3.8, 4) is 17.2 Å². The molecule has 0 bridgehead atoms. The smallest absolute Gasteiger partial charge is 0.258 e. The van der Waals surface area contributed by atoms with Crippen molar-refractivity contribution >= 4 is 29.1 Å². The van der Waals surface area contributed by atoms with Crippen molar-refractivity contribution < 1.29 is 23.8 Å². The zero-order valence-electron chi connectivity index (χ0n) is 24.1. The fourth-order valence-corrected chi connectivity index (χ4v) is 4.48. The third kappa shape index (κ3) is 7.25. The monoisotopic (exact) mass is 566 g/mol. The van der Waals surface area contributed by atoms with E-state index in [1.807, 2.05) is 49.4 Å². The molecule has 0 spiro atoms. The lowest BCUT2D eigenvalue weighted by molar-refractivity contribution is 0.0974. The molecule has 216 valence electrons. The second-order valence-electron chi connectivity index (χ2n) is 9.48. The van der Waals surface area contributed by atoms with Gasteiger partial charge < -0.3 is 25.3 Å². The summed E-state index contributed by atoms with van der Waals surface area (Å²) in [7, 11) is 4.40. The number of nitrogens with zero attached hydrogens (tertiary/aromatic N) is 1. The Morgan fingerprint density at radius 1 is 0.786 bits per heavy atom. The van der Waals surface area contributed by atoms with Gasteiger partial charge in [0.15, 0.2) is 11.5 Å². The average Bonchev–Trinajstić information content (AvgIpc) is 3.01. The van der Waals surface area contributed by atoms with Crippen molar-refractivity contribution in [2.24, 2.45) is 10.7 Å². The SMILES string of the molecule is COc1cc(C(=O)NC(N)=Nc2ccc(C)cc2NC(=O)c2ccccc2CCc2ccccc2)cc(OC)c1OC. The molecule has 4 rings (SSSR count). The Morgan fingerprint density at radius 2 is 1.45 bits per heavy atom. The summed E-state index contributed by atoms with van der Waals surface area (Å²) in [4.78, 5) is 30.8. The highest BCUT2D eigenvalue weighted by molar-refractivity contribution is 6.08. The predicted molar refractivity (Wildman–Crippen MR) is 164 cm³/mol. The number of amides is 2. The molecule has 0 radical (unpaired) electrons. The molecule has 0 aliphatic rings. The number of anilines is 1. The molecular weight excluding hydrogens is 532 g/mol. The van der Waals surface area contributed by atoms with Gasteiger partial charge in [-0.15, -0.1) is 0 Å².